The van der Waals surface area contributed by atoms with E-state index in [0.717, 1.165) is 19.3 Å². The van der Waals surface area contributed by atoms with Crippen LogP contribution in [0.3, 0.4) is 0 Å². The molecule has 21 heavy (non-hydrogen) atoms. The highest BCUT2D eigenvalue weighted by atomic mass is 16.6. The zero-order valence-electron chi connectivity index (χ0n) is 11.8. The average molecular weight is 294 g/mol. The highest BCUT2D eigenvalue weighted by molar-refractivity contribution is 5.90. The molecule has 0 aliphatic heterocycles. The van der Waals surface area contributed by atoms with Gasteiger partial charge in [-0.2, -0.15) is 0 Å². The first-order valence-electron chi connectivity index (χ1n) is 6.72. The molecule has 1 aromatic rings. The van der Waals surface area contributed by atoms with Crippen LogP contribution < -0.4 is 5.32 Å². The highest BCUT2D eigenvalue weighted by Crippen LogP contribution is 2.49. The van der Waals surface area contributed by atoms with Gasteiger partial charge in [-0.1, -0.05) is 0 Å². The van der Waals surface area contributed by atoms with Crippen LogP contribution in [0.2, 0.25) is 0 Å². The quantitative estimate of drug-likeness (QED) is 0.564. The van der Waals surface area contributed by atoms with E-state index in [4.69, 9.17) is 9.84 Å². The summed E-state index contributed by atoms with van der Waals surface area (Å²) in [7, 11) is 1.64. The Morgan fingerprint density at radius 1 is 1.52 bits per heavy atom. The second-order valence-corrected chi connectivity index (χ2v) is 5.39. The average Bonchev–Trinajstić information content (AvgIpc) is 3.23. The zero-order chi connectivity index (χ0) is 15.5. The summed E-state index contributed by atoms with van der Waals surface area (Å²) in [6.45, 7) is 1.24. The van der Waals surface area contributed by atoms with Gasteiger partial charge < -0.3 is 15.2 Å². The summed E-state index contributed by atoms with van der Waals surface area (Å²) in [4.78, 5) is 21.5. The molecule has 2 N–H and O–H groups in total. The van der Waals surface area contributed by atoms with Crippen molar-refractivity contribution in [3.63, 3.8) is 0 Å². The van der Waals surface area contributed by atoms with E-state index < -0.39 is 10.9 Å². The van der Waals surface area contributed by atoms with Gasteiger partial charge in [-0.15, -0.1) is 0 Å². The van der Waals surface area contributed by atoms with Gasteiger partial charge in [0.15, 0.2) is 0 Å². The van der Waals surface area contributed by atoms with Crippen molar-refractivity contribution in [2.24, 2.45) is 5.41 Å². The number of benzene rings is 1. The van der Waals surface area contributed by atoms with E-state index >= 15 is 0 Å². The van der Waals surface area contributed by atoms with Gasteiger partial charge in [0, 0.05) is 26.3 Å². The minimum Gasteiger partial charge on any atom is -0.478 e. The van der Waals surface area contributed by atoms with Crippen LogP contribution in [0, 0.1) is 15.5 Å². The number of carbonyl (C=O) groups is 1. The van der Waals surface area contributed by atoms with Crippen LogP contribution in [0.15, 0.2) is 18.2 Å². The molecule has 1 aromatic carbocycles. The molecule has 7 nitrogen and oxygen atoms in total. The van der Waals surface area contributed by atoms with E-state index in [0.29, 0.717) is 13.2 Å². The molecule has 0 heterocycles. The second-order valence-electron chi connectivity index (χ2n) is 5.39. The molecule has 2 rings (SSSR count). The fourth-order valence-electron chi connectivity index (χ4n) is 2.26. The third kappa shape index (κ3) is 3.69. The molecule has 0 bridgehead atoms. The number of carboxylic acids is 1. The maximum Gasteiger partial charge on any atom is 0.335 e. The van der Waals surface area contributed by atoms with Gasteiger partial charge in [0.05, 0.1) is 10.5 Å². The lowest BCUT2D eigenvalue weighted by atomic mass is 10.0. The number of nitrogens with one attached hydrogen (secondary N) is 1. The van der Waals surface area contributed by atoms with Crippen LogP contribution in [0.1, 0.15) is 29.6 Å². The number of rotatable bonds is 8. The van der Waals surface area contributed by atoms with Gasteiger partial charge >= 0.3 is 5.97 Å². The van der Waals surface area contributed by atoms with Gasteiger partial charge in [-0.3, -0.25) is 10.1 Å². The van der Waals surface area contributed by atoms with Crippen LogP contribution in [-0.2, 0) is 4.74 Å². The Hall–Kier alpha value is -2.15. The summed E-state index contributed by atoms with van der Waals surface area (Å²) in [5, 5.41) is 23.0. The van der Waals surface area contributed by atoms with Gasteiger partial charge in [-0.05, 0) is 36.8 Å². The van der Waals surface area contributed by atoms with E-state index in [2.05, 4.69) is 5.32 Å². The smallest absolute Gasteiger partial charge is 0.335 e. The standard InChI is InChI=1S/C14H18N2O5/c1-21-7-6-14(4-5-14)9-15-11-8-10(13(17)18)2-3-12(11)16(19)20/h2-3,8,15H,4-7,9H2,1H3,(H,17,18). The lowest BCUT2D eigenvalue weighted by Gasteiger charge is -2.16. The predicted molar refractivity (Wildman–Crippen MR) is 76.7 cm³/mol. The lowest BCUT2D eigenvalue weighted by Crippen LogP contribution is -2.18. The van der Waals surface area contributed by atoms with E-state index in [1.807, 2.05) is 0 Å². The number of aromatic carboxylic acids is 1. The maximum atomic E-state index is 11.0. The molecule has 0 amide bonds. The van der Waals surface area contributed by atoms with E-state index in [-0.39, 0.29) is 22.4 Å². The molecule has 1 aliphatic carbocycles. The molecule has 0 spiro atoms. The molecule has 0 atom stereocenters. The van der Waals surface area contributed by atoms with Crippen molar-refractivity contribution < 1.29 is 19.6 Å². The van der Waals surface area contributed by atoms with E-state index in [1.165, 1.54) is 18.2 Å². The fraction of sp³-hybridized carbons (Fsp3) is 0.500. The third-order valence-corrected chi connectivity index (χ3v) is 3.89. The Balaban J connectivity index is 2.12. The first-order valence-corrected chi connectivity index (χ1v) is 6.72. The third-order valence-electron chi connectivity index (χ3n) is 3.89. The SMILES string of the molecule is COCCC1(CNc2cc(C(=O)O)ccc2[N+](=O)[O-])CC1. The van der Waals surface area contributed by atoms with Crippen LogP contribution in [0.25, 0.3) is 0 Å². The van der Waals surface area contributed by atoms with E-state index in [1.54, 1.807) is 7.11 Å². The number of nitro groups is 1. The second kappa shape index (κ2) is 6.09. The van der Waals surface area contributed by atoms with Gasteiger partial charge in [0.1, 0.15) is 5.69 Å². The molecule has 1 aliphatic rings. The monoisotopic (exact) mass is 294 g/mol. The van der Waals surface area contributed by atoms with Crippen molar-refractivity contribution in [2.45, 2.75) is 19.3 Å². The number of carboxylic acid groups (broad SMARTS) is 1. The predicted octanol–water partition coefficient (Wildman–Crippen LogP) is 2.52. The summed E-state index contributed by atoms with van der Waals surface area (Å²) >= 11 is 0. The number of hydrogen-bond acceptors (Lipinski definition) is 5. The first-order chi connectivity index (χ1) is 9.97. The summed E-state index contributed by atoms with van der Waals surface area (Å²) < 4.78 is 5.07. The fourth-order valence-corrected chi connectivity index (χ4v) is 2.26. The van der Waals surface area contributed by atoms with Crippen molar-refractivity contribution in [3.05, 3.63) is 33.9 Å². The van der Waals surface area contributed by atoms with Gasteiger partial charge in [0.25, 0.3) is 5.69 Å². The summed E-state index contributed by atoms with van der Waals surface area (Å²) in [6.07, 6.45) is 2.99. The van der Waals surface area contributed by atoms with Gasteiger partial charge in [0.2, 0.25) is 0 Å². The molecule has 0 radical (unpaired) electrons. The summed E-state index contributed by atoms with van der Waals surface area (Å²) in [6, 6.07) is 3.77. The Morgan fingerprint density at radius 2 is 2.24 bits per heavy atom. The molecule has 0 aromatic heterocycles. The molecular formula is C14H18N2O5. The lowest BCUT2D eigenvalue weighted by molar-refractivity contribution is -0.384. The van der Waals surface area contributed by atoms with Crippen LogP contribution in [0.4, 0.5) is 11.4 Å². The van der Waals surface area contributed by atoms with Crippen LogP contribution in [-0.4, -0.2) is 36.3 Å². The minimum absolute atomic E-state index is 0.0323. The Kier molecular flexibility index (Phi) is 4.42. The minimum atomic E-state index is -1.10. The van der Waals surface area contributed by atoms with Crippen LogP contribution >= 0.6 is 0 Å². The molecule has 1 fully saturated rings. The maximum absolute atomic E-state index is 11.0. The summed E-state index contributed by atoms with van der Waals surface area (Å²) in [5.74, 6) is -1.10. The molecular weight excluding hydrogens is 276 g/mol. The number of anilines is 1. The van der Waals surface area contributed by atoms with Crippen LogP contribution in [0.5, 0.6) is 0 Å². The van der Waals surface area contributed by atoms with Crippen molar-refractivity contribution in [2.75, 3.05) is 25.6 Å². The normalized spacial score (nSPS) is 15.5. The van der Waals surface area contributed by atoms with Crippen molar-refractivity contribution in [1.82, 2.24) is 0 Å². The number of methoxy groups -OCH3 is 1. The Bertz CT molecular complexity index is 554. The zero-order valence-corrected chi connectivity index (χ0v) is 11.8. The number of ether oxygens (including phenoxy) is 1. The molecule has 1 saturated carbocycles. The number of hydrogen-bond donors (Lipinski definition) is 2. The number of nitrogens with zero attached hydrogens (tertiary/aromatic N) is 1. The first kappa shape index (κ1) is 15.2. The Labute approximate surface area is 122 Å². The van der Waals surface area contributed by atoms with Crippen molar-refractivity contribution >= 4 is 17.3 Å². The topological polar surface area (TPSA) is 102 Å². The highest BCUT2D eigenvalue weighted by Gasteiger charge is 2.42. The Morgan fingerprint density at radius 3 is 2.76 bits per heavy atom. The van der Waals surface area contributed by atoms with E-state index in [9.17, 15) is 14.9 Å². The molecule has 0 unspecified atom stereocenters. The number of nitro benzene ring substituents is 1. The molecule has 7 heteroatoms. The summed E-state index contributed by atoms with van der Waals surface area (Å²) in [5.41, 5.74) is 0.291. The molecule has 0 saturated heterocycles. The largest absolute Gasteiger partial charge is 0.478 e. The molecule has 114 valence electrons. The van der Waals surface area contributed by atoms with Crippen molar-refractivity contribution in [3.8, 4) is 0 Å². The van der Waals surface area contributed by atoms with Crippen molar-refractivity contribution in [1.29, 1.82) is 0 Å². The van der Waals surface area contributed by atoms with Gasteiger partial charge in [-0.25, -0.2) is 4.79 Å².